The molecule has 7 rings (SSSR count). The minimum atomic E-state index is 0.581. The van der Waals surface area contributed by atoms with Crippen LogP contribution in [0.5, 0.6) is 0 Å². The van der Waals surface area contributed by atoms with Crippen LogP contribution in [0.1, 0.15) is 17.0 Å². The second kappa shape index (κ2) is 5.09. The molecule has 4 aromatic carbocycles. The topological polar surface area (TPSA) is 12.5 Å². The monoisotopic (exact) mass is 351 g/mol. The number of rotatable bonds is 2. The lowest BCUT2D eigenvalue weighted by Gasteiger charge is -2.34. The molecule has 3 aliphatic rings. The fraction of sp³-hybridized carbons (Fsp3) is 0.280. The summed E-state index contributed by atoms with van der Waals surface area (Å²) in [5.74, 6) is 0.581. The third-order valence-electron chi connectivity index (χ3n) is 7.01. The summed E-state index contributed by atoms with van der Waals surface area (Å²) in [7, 11) is 0. The Balaban J connectivity index is 1.52. The number of morpholine rings is 1. The molecule has 1 unspecified atom stereocenters. The van der Waals surface area contributed by atoms with Crippen LogP contribution in [0.4, 0.5) is 0 Å². The second-order valence-electron chi connectivity index (χ2n) is 8.37. The van der Waals surface area contributed by atoms with E-state index in [-0.39, 0.29) is 0 Å². The van der Waals surface area contributed by atoms with Gasteiger partial charge in [-0.3, -0.25) is 4.90 Å². The van der Waals surface area contributed by atoms with Crippen LogP contribution >= 0.6 is 0 Å². The van der Waals surface area contributed by atoms with Crippen molar-refractivity contribution in [3.63, 3.8) is 0 Å². The molecule has 1 aliphatic heterocycles. The van der Waals surface area contributed by atoms with E-state index >= 15 is 0 Å². The fourth-order valence-electron chi connectivity index (χ4n) is 5.81. The van der Waals surface area contributed by atoms with E-state index in [9.17, 15) is 0 Å². The number of hydrogen-bond acceptors (Lipinski definition) is 2. The highest BCUT2D eigenvalue weighted by Gasteiger charge is 2.33. The van der Waals surface area contributed by atoms with Crippen molar-refractivity contribution in [1.82, 2.24) is 4.90 Å². The Bertz CT molecular complexity index is 1260. The number of benzene rings is 4. The first-order valence-corrected chi connectivity index (χ1v) is 10.1. The molecule has 1 atom stereocenters. The van der Waals surface area contributed by atoms with Crippen molar-refractivity contribution in [3.8, 4) is 11.1 Å². The van der Waals surface area contributed by atoms with Crippen LogP contribution in [0.3, 0.4) is 0 Å². The maximum atomic E-state index is 5.56. The van der Waals surface area contributed by atoms with Gasteiger partial charge in [0, 0.05) is 25.6 Å². The molecule has 2 heteroatoms. The number of ether oxygens (including phenoxy) is 1. The standard InChI is InChI=1S/C25H21NO/c1-2-16-5-6-18-13-19(14-26-9-11-27-12-10-26)20-8-7-17-4-3-15(1)21-22(16)24(18)25(20)23(17)21/h1-8,19H,9-14H2. The molecule has 0 N–H and O–H groups in total. The van der Waals surface area contributed by atoms with Crippen molar-refractivity contribution in [2.75, 3.05) is 32.8 Å². The Labute approximate surface area is 158 Å². The minimum Gasteiger partial charge on any atom is -0.379 e. The van der Waals surface area contributed by atoms with Crippen molar-refractivity contribution in [2.24, 2.45) is 0 Å². The van der Waals surface area contributed by atoms with E-state index in [4.69, 9.17) is 4.74 Å². The fourth-order valence-corrected chi connectivity index (χ4v) is 5.81. The first kappa shape index (κ1) is 14.6. The molecular formula is C25H21NO. The Morgan fingerprint density at radius 3 is 2.15 bits per heavy atom. The van der Waals surface area contributed by atoms with Crippen LogP contribution in [-0.4, -0.2) is 37.7 Å². The Kier molecular flexibility index (Phi) is 2.76. The van der Waals surface area contributed by atoms with Gasteiger partial charge in [0.05, 0.1) is 13.2 Å². The van der Waals surface area contributed by atoms with E-state index in [1.807, 2.05) is 0 Å². The van der Waals surface area contributed by atoms with Gasteiger partial charge in [-0.25, -0.2) is 0 Å². The minimum absolute atomic E-state index is 0.581. The molecule has 132 valence electrons. The van der Waals surface area contributed by atoms with E-state index in [0.717, 1.165) is 39.3 Å². The molecular weight excluding hydrogens is 330 g/mol. The van der Waals surface area contributed by atoms with Crippen molar-refractivity contribution < 1.29 is 4.74 Å². The van der Waals surface area contributed by atoms with Crippen molar-refractivity contribution >= 4 is 32.3 Å². The first-order valence-electron chi connectivity index (χ1n) is 10.1. The van der Waals surface area contributed by atoms with E-state index < -0.39 is 0 Å². The zero-order valence-electron chi connectivity index (χ0n) is 15.3. The molecule has 1 fully saturated rings. The molecule has 0 spiro atoms. The average Bonchev–Trinajstić information content (AvgIpc) is 3.09. The van der Waals surface area contributed by atoms with E-state index in [1.165, 1.54) is 37.9 Å². The quantitative estimate of drug-likeness (QED) is 0.410. The smallest absolute Gasteiger partial charge is 0.0594 e. The average molecular weight is 351 g/mol. The Hall–Kier alpha value is -2.42. The Morgan fingerprint density at radius 1 is 0.741 bits per heavy atom. The molecule has 2 aliphatic carbocycles. The van der Waals surface area contributed by atoms with Gasteiger partial charge in [0.1, 0.15) is 0 Å². The molecule has 1 saturated heterocycles. The van der Waals surface area contributed by atoms with Gasteiger partial charge in [0.15, 0.2) is 0 Å². The summed E-state index contributed by atoms with van der Waals surface area (Å²) < 4.78 is 5.56. The van der Waals surface area contributed by atoms with Crippen molar-refractivity contribution in [2.45, 2.75) is 12.3 Å². The van der Waals surface area contributed by atoms with E-state index in [0.29, 0.717) is 5.92 Å². The van der Waals surface area contributed by atoms with E-state index in [1.54, 1.807) is 16.7 Å². The summed E-state index contributed by atoms with van der Waals surface area (Å²) in [6.07, 6.45) is 1.16. The third kappa shape index (κ3) is 1.82. The lowest BCUT2D eigenvalue weighted by Crippen LogP contribution is -2.39. The molecule has 2 nitrogen and oxygen atoms in total. The van der Waals surface area contributed by atoms with Crippen LogP contribution in [0.25, 0.3) is 43.4 Å². The van der Waals surface area contributed by atoms with Crippen LogP contribution < -0.4 is 0 Å². The highest BCUT2D eigenvalue weighted by molar-refractivity contribution is 6.34. The zero-order chi connectivity index (χ0) is 17.5. The van der Waals surface area contributed by atoms with Crippen LogP contribution in [0.15, 0.2) is 48.5 Å². The van der Waals surface area contributed by atoms with Crippen LogP contribution in [0.2, 0.25) is 0 Å². The van der Waals surface area contributed by atoms with Gasteiger partial charge in [-0.05, 0) is 61.0 Å². The van der Waals surface area contributed by atoms with Gasteiger partial charge in [0.25, 0.3) is 0 Å². The van der Waals surface area contributed by atoms with Crippen molar-refractivity contribution in [1.29, 1.82) is 0 Å². The molecule has 4 aromatic rings. The SMILES string of the molecule is c1cc2ccc3ccc4ccc5c6c4c3c2c-6c1CC5CN1CCOCC1. The molecule has 1 heterocycles. The summed E-state index contributed by atoms with van der Waals surface area (Å²) >= 11 is 0. The van der Waals surface area contributed by atoms with Gasteiger partial charge in [-0.15, -0.1) is 0 Å². The highest BCUT2D eigenvalue weighted by atomic mass is 16.5. The van der Waals surface area contributed by atoms with Crippen LogP contribution in [-0.2, 0) is 11.2 Å². The van der Waals surface area contributed by atoms with Crippen LogP contribution in [0, 0.1) is 0 Å². The highest BCUT2D eigenvalue weighted by Crippen LogP contribution is 2.54. The predicted molar refractivity (Wildman–Crippen MR) is 112 cm³/mol. The van der Waals surface area contributed by atoms with Crippen molar-refractivity contribution in [3.05, 3.63) is 59.7 Å². The van der Waals surface area contributed by atoms with Gasteiger partial charge >= 0.3 is 0 Å². The summed E-state index contributed by atoms with van der Waals surface area (Å²) in [6.45, 7) is 5.03. The molecule has 0 radical (unpaired) electrons. The summed E-state index contributed by atoms with van der Waals surface area (Å²) in [4.78, 5) is 2.59. The second-order valence-corrected chi connectivity index (χ2v) is 8.37. The molecule has 0 aromatic heterocycles. The maximum absolute atomic E-state index is 5.56. The maximum Gasteiger partial charge on any atom is 0.0594 e. The number of nitrogens with zero attached hydrogens (tertiary/aromatic N) is 1. The molecule has 0 amide bonds. The zero-order valence-corrected chi connectivity index (χ0v) is 15.3. The predicted octanol–water partition coefficient (Wildman–Crippen LogP) is 5.10. The summed E-state index contributed by atoms with van der Waals surface area (Å²) in [6, 6.07) is 18.7. The normalized spacial score (nSPS) is 20.8. The van der Waals surface area contributed by atoms with Gasteiger partial charge in [-0.1, -0.05) is 48.5 Å². The lowest BCUT2D eigenvalue weighted by molar-refractivity contribution is 0.0350. The molecule has 0 saturated carbocycles. The van der Waals surface area contributed by atoms with Gasteiger partial charge in [-0.2, -0.15) is 0 Å². The molecule has 0 bridgehead atoms. The van der Waals surface area contributed by atoms with E-state index in [2.05, 4.69) is 53.4 Å². The van der Waals surface area contributed by atoms with Gasteiger partial charge in [0.2, 0.25) is 0 Å². The number of hydrogen-bond donors (Lipinski definition) is 0. The summed E-state index contributed by atoms with van der Waals surface area (Å²) in [5, 5.41) is 8.67. The van der Waals surface area contributed by atoms with Gasteiger partial charge < -0.3 is 4.74 Å². The first-order chi connectivity index (χ1) is 13.4. The lowest BCUT2D eigenvalue weighted by atomic mass is 9.78. The third-order valence-corrected chi connectivity index (χ3v) is 7.01. The Morgan fingerprint density at radius 2 is 1.37 bits per heavy atom. The largest absolute Gasteiger partial charge is 0.379 e. The summed E-state index contributed by atoms with van der Waals surface area (Å²) in [5.41, 5.74) is 6.20. The molecule has 27 heavy (non-hydrogen) atoms.